The Hall–Kier alpha value is -1.32. The van der Waals surface area contributed by atoms with E-state index in [0.29, 0.717) is 30.0 Å². The van der Waals surface area contributed by atoms with Crippen molar-refractivity contribution in [2.24, 2.45) is 0 Å². The number of nitrogens with zero attached hydrogens (tertiary/aromatic N) is 4. The highest BCUT2D eigenvalue weighted by atomic mass is 35.5. The number of aromatic nitrogens is 3. The van der Waals surface area contributed by atoms with Crippen molar-refractivity contribution in [3.63, 3.8) is 0 Å². The molecule has 0 amide bonds. The van der Waals surface area contributed by atoms with Crippen LogP contribution in [0.5, 0.6) is 0 Å². The summed E-state index contributed by atoms with van der Waals surface area (Å²) in [5, 5.41) is 14.7. The fraction of sp³-hybridized carbons (Fsp3) is 0.611. The summed E-state index contributed by atoms with van der Waals surface area (Å²) in [6.07, 6.45) is 4.00. The number of pyridine rings is 1. The van der Waals surface area contributed by atoms with Crippen molar-refractivity contribution in [2.75, 3.05) is 38.7 Å². The van der Waals surface area contributed by atoms with Crippen molar-refractivity contribution < 1.29 is 9.84 Å². The molecule has 0 saturated carbocycles. The highest BCUT2D eigenvalue weighted by Gasteiger charge is 2.25. The van der Waals surface area contributed by atoms with Gasteiger partial charge in [0.1, 0.15) is 16.6 Å². The maximum Gasteiger partial charge on any atom is 0.146 e. The molecular formula is C18H24ClN5O2S. The lowest BCUT2D eigenvalue weighted by Crippen LogP contribution is -2.42. The average Bonchev–Trinajstić information content (AvgIpc) is 3.15. The van der Waals surface area contributed by atoms with Gasteiger partial charge in [0.25, 0.3) is 0 Å². The van der Waals surface area contributed by atoms with Crippen molar-refractivity contribution in [1.29, 1.82) is 0 Å². The number of ether oxygens (including phenoxy) is 1. The van der Waals surface area contributed by atoms with Crippen LogP contribution in [0.1, 0.15) is 31.0 Å². The number of hydrogen-bond acceptors (Lipinski definition) is 8. The van der Waals surface area contributed by atoms with Gasteiger partial charge in [-0.25, -0.2) is 9.97 Å². The van der Waals surface area contributed by atoms with Crippen molar-refractivity contribution in [2.45, 2.75) is 37.3 Å². The number of anilines is 1. The number of halogens is 1. The van der Waals surface area contributed by atoms with Crippen LogP contribution in [-0.4, -0.2) is 69.8 Å². The minimum atomic E-state index is -0.544. The van der Waals surface area contributed by atoms with Crippen LogP contribution in [0.2, 0.25) is 5.02 Å². The van der Waals surface area contributed by atoms with Gasteiger partial charge in [-0.05, 0) is 57.0 Å². The second kappa shape index (κ2) is 8.36. The Morgan fingerprint density at radius 1 is 1.33 bits per heavy atom. The summed E-state index contributed by atoms with van der Waals surface area (Å²) in [6.45, 7) is 3.13. The average molecular weight is 410 g/mol. The largest absolute Gasteiger partial charge is 0.389 e. The Balaban J connectivity index is 1.51. The van der Waals surface area contributed by atoms with Crippen LogP contribution in [0.3, 0.4) is 0 Å². The van der Waals surface area contributed by atoms with Gasteiger partial charge in [-0.15, -0.1) is 0 Å². The van der Waals surface area contributed by atoms with Crippen LogP contribution in [-0.2, 0) is 4.74 Å². The first-order valence-corrected chi connectivity index (χ1v) is 10.5. The quantitative estimate of drug-likeness (QED) is 0.802. The second-order valence-corrected chi connectivity index (χ2v) is 8.43. The molecule has 2 aliphatic heterocycles. The minimum Gasteiger partial charge on any atom is -0.389 e. The summed E-state index contributed by atoms with van der Waals surface area (Å²) in [4.78, 5) is 11.5. The minimum absolute atomic E-state index is 0.0792. The molecule has 146 valence electrons. The van der Waals surface area contributed by atoms with Crippen LogP contribution in [0, 0.1) is 0 Å². The molecule has 2 fully saturated rings. The zero-order chi connectivity index (χ0) is 18.8. The first-order chi connectivity index (χ1) is 13.1. The number of aliphatic hydroxyl groups is 1. The number of likely N-dealkylation sites (tertiary alicyclic amines) is 1. The molecule has 4 rings (SSSR count). The van der Waals surface area contributed by atoms with E-state index in [2.05, 4.69) is 26.6 Å². The van der Waals surface area contributed by atoms with Crippen molar-refractivity contribution in [3.8, 4) is 10.6 Å². The molecule has 0 radical (unpaired) electrons. The normalized spacial score (nSPS) is 24.9. The molecule has 2 saturated heterocycles. The van der Waals surface area contributed by atoms with Crippen LogP contribution in [0.4, 0.5) is 5.82 Å². The Labute approximate surface area is 167 Å². The Morgan fingerprint density at radius 2 is 2.15 bits per heavy atom. The first kappa shape index (κ1) is 19.0. The predicted molar refractivity (Wildman–Crippen MR) is 106 cm³/mol. The van der Waals surface area contributed by atoms with E-state index in [0.717, 1.165) is 48.7 Å². The molecular weight excluding hydrogens is 386 g/mol. The molecule has 0 aromatic carbocycles. The summed E-state index contributed by atoms with van der Waals surface area (Å²) in [6, 6.07) is 1.81. The third-order valence-corrected chi connectivity index (χ3v) is 6.33. The van der Waals surface area contributed by atoms with E-state index in [1.165, 1.54) is 11.5 Å². The number of piperidine rings is 1. The summed E-state index contributed by atoms with van der Waals surface area (Å²) < 4.78 is 9.87. The molecule has 0 spiro atoms. The molecule has 0 unspecified atom stereocenters. The molecule has 7 nitrogen and oxygen atoms in total. The SMILES string of the molecule is CN1CCC(c2nsc(-c3cc(N[C@@H]4CCOC[C@H]4O)ncc3Cl)n2)CC1. The molecule has 2 aliphatic rings. The fourth-order valence-electron chi connectivity index (χ4n) is 3.54. The van der Waals surface area contributed by atoms with Crippen molar-refractivity contribution in [3.05, 3.63) is 23.1 Å². The van der Waals surface area contributed by atoms with Crippen LogP contribution < -0.4 is 5.32 Å². The van der Waals surface area contributed by atoms with Crippen LogP contribution >= 0.6 is 23.1 Å². The molecule has 2 aromatic rings. The topological polar surface area (TPSA) is 83.4 Å². The lowest BCUT2D eigenvalue weighted by atomic mass is 9.96. The smallest absolute Gasteiger partial charge is 0.146 e. The summed E-state index contributed by atoms with van der Waals surface area (Å²) in [5.74, 6) is 2.02. The van der Waals surface area contributed by atoms with E-state index >= 15 is 0 Å². The molecule has 2 N–H and O–H groups in total. The van der Waals surface area contributed by atoms with Gasteiger partial charge in [0.2, 0.25) is 0 Å². The Morgan fingerprint density at radius 3 is 2.93 bits per heavy atom. The number of nitrogens with one attached hydrogen (secondary N) is 1. The highest BCUT2D eigenvalue weighted by molar-refractivity contribution is 7.09. The van der Waals surface area contributed by atoms with E-state index in [9.17, 15) is 5.11 Å². The lowest BCUT2D eigenvalue weighted by molar-refractivity contribution is -0.0135. The van der Waals surface area contributed by atoms with Gasteiger partial charge in [-0.3, -0.25) is 0 Å². The third kappa shape index (κ3) is 4.41. The highest BCUT2D eigenvalue weighted by Crippen LogP contribution is 2.34. The van der Waals surface area contributed by atoms with E-state index in [1.807, 2.05) is 6.07 Å². The van der Waals surface area contributed by atoms with E-state index in [1.54, 1.807) is 6.20 Å². The van der Waals surface area contributed by atoms with Crippen molar-refractivity contribution >= 4 is 29.0 Å². The molecule has 4 heterocycles. The second-order valence-electron chi connectivity index (χ2n) is 7.27. The monoisotopic (exact) mass is 409 g/mol. The molecule has 0 bridgehead atoms. The maximum absolute atomic E-state index is 10.1. The standard InChI is InChI=1S/C18H24ClN5O2S/c1-24-5-2-11(3-6-24)17-22-18(27-23-17)12-8-16(20-9-13(12)19)21-14-4-7-26-10-15(14)25/h8-9,11,14-15,25H,2-7,10H2,1H3,(H,20,21)/t14-,15-/m1/s1. The molecule has 27 heavy (non-hydrogen) atoms. The summed E-state index contributed by atoms with van der Waals surface area (Å²) in [7, 11) is 2.15. The fourth-order valence-corrected chi connectivity index (χ4v) is 4.56. The lowest BCUT2D eigenvalue weighted by Gasteiger charge is -2.28. The van der Waals surface area contributed by atoms with Gasteiger partial charge in [-0.1, -0.05) is 11.6 Å². The van der Waals surface area contributed by atoms with Gasteiger partial charge in [-0.2, -0.15) is 4.37 Å². The van der Waals surface area contributed by atoms with Gasteiger partial charge in [0, 0.05) is 24.3 Å². The molecule has 2 atom stereocenters. The molecule has 2 aromatic heterocycles. The van der Waals surface area contributed by atoms with E-state index < -0.39 is 6.10 Å². The van der Waals surface area contributed by atoms with E-state index in [-0.39, 0.29) is 6.04 Å². The zero-order valence-corrected chi connectivity index (χ0v) is 16.8. The van der Waals surface area contributed by atoms with Gasteiger partial charge in [0.15, 0.2) is 0 Å². The van der Waals surface area contributed by atoms with Crippen LogP contribution in [0.25, 0.3) is 10.6 Å². The summed E-state index contributed by atoms with van der Waals surface area (Å²) in [5.41, 5.74) is 0.826. The number of rotatable bonds is 4. The van der Waals surface area contributed by atoms with Gasteiger partial charge < -0.3 is 20.1 Å². The maximum atomic E-state index is 10.1. The number of aliphatic hydroxyl groups excluding tert-OH is 1. The summed E-state index contributed by atoms with van der Waals surface area (Å²) >= 11 is 7.77. The predicted octanol–water partition coefficient (Wildman–Crippen LogP) is 2.62. The van der Waals surface area contributed by atoms with Crippen LogP contribution in [0.15, 0.2) is 12.3 Å². The molecule has 9 heteroatoms. The third-order valence-electron chi connectivity index (χ3n) is 5.27. The first-order valence-electron chi connectivity index (χ1n) is 9.30. The van der Waals surface area contributed by atoms with Gasteiger partial charge >= 0.3 is 0 Å². The zero-order valence-electron chi connectivity index (χ0n) is 15.3. The molecule has 0 aliphatic carbocycles. The number of hydrogen-bond donors (Lipinski definition) is 2. The van der Waals surface area contributed by atoms with E-state index in [4.69, 9.17) is 21.3 Å². The Bertz CT molecular complexity index is 781. The Kier molecular flexibility index (Phi) is 5.89. The van der Waals surface area contributed by atoms with Crippen molar-refractivity contribution in [1.82, 2.24) is 19.2 Å². The van der Waals surface area contributed by atoms with Gasteiger partial charge in [0.05, 0.1) is 23.8 Å².